The number of pyridine rings is 1. The number of amides is 1. The molecule has 3 aromatic rings. The first-order valence-corrected chi connectivity index (χ1v) is 8.46. The van der Waals surface area contributed by atoms with Gasteiger partial charge in [-0.05, 0) is 50.3 Å². The number of furan rings is 1. The van der Waals surface area contributed by atoms with Crippen LogP contribution in [0.1, 0.15) is 45.9 Å². The third-order valence-corrected chi connectivity index (χ3v) is 4.66. The zero-order chi connectivity index (χ0) is 16.5. The van der Waals surface area contributed by atoms with Gasteiger partial charge in [0.25, 0.3) is 5.91 Å². The summed E-state index contributed by atoms with van der Waals surface area (Å²) < 4.78 is 5.67. The highest BCUT2D eigenvalue weighted by atomic mass is 16.3. The van der Waals surface area contributed by atoms with E-state index in [4.69, 9.17) is 9.40 Å². The number of aryl methyl sites for hydroxylation is 3. The van der Waals surface area contributed by atoms with Gasteiger partial charge in [-0.25, -0.2) is 0 Å². The molecular formula is C20H20N2O2. The summed E-state index contributed by atoms with van der Waals surface area (Å²) in [5.41, 5.74) is 4.82. The van der Waals surface area contributed by atoms with Crippen molar-refractivity contribution in [1.82, 2.24) is 10.3 Å². The third kappa shape index (κ3) is 2.68. The Morgan fingerprint density at radius 2 is 2.00 bits per heavy atom. The van der Waals surface area contributed by atoms with Crippen LogP contribution in [-0.2, 0) is 19.4 Å². The lowest BCUT2D eigenvalue weighted by Crippen LogP contribution is -2.24. The summed E-state index contributed by atoms with van der Waals surface area (Å²) >= 11 is 0. The molecule has 24 heavy (non-hydrogen) atoms. The Morgan fingerprint density at radius 1 is 1.17 bits per heavy atom. The molecule has 0 unspecified atom stereocenters. The van der Waals surface area contributed by atoms with E-state index < -0.39 is 0 Å². The number of hydrogen-bond acceptors (Lipinski definition) is 3. The predicted molar refractivity (Wildman–Crippen MR) is 93.0 cm³/mol. The lowest BCUT2D eigenvalue weighted by Gasteiger charge is -2.15. The Labute approximate surface area is 140 Å². The summed E-state index contributed by atoms with van der Waals surface area (Å²) in [5.74, 6) is 0.532. The molecule has 0 radical (unpaired) electrons. The Kier molecular flexibility index (Phi) is 3.81. The third-order valence-electron chi connectivity index (χ3n) is 4.66. The van der Waals surface area contributed by atoms with Crippen molar-refractivity contribution in [2.75, 3.05) is 0 Å². The van der Waals surface area contributed by atoms with Gasteiger partial charge >= 0.3 is 0 Å². The van der Waals surface area contributed by atoms with Gasteiger partial charge in [-0.2, -0.15) is 0 Å². The van der Waals surface area contributed by atoms with Gasteiger partial charge in [0.2, 0.25) is 0 Å². The van der Waals surface area contributed by atoms with Crippen LogP contribution in [-0.4, -0.2) is 10.9 Å². The molecule has 0 saturated heterocycles. The van der Waals surface area contributed by atoms with Crippen molar-refractivity contribution in [3.8, 4) is 0 Å². The molecule has 4 heteroatoms. The highest BCUT2D eigenvalue weighted by Crippen LogP contribution is 2.25. The largest absolute Gasteiger partial charge is 0.461 e. The second kappa shape index (κ2) is 6.11. The quantitative estimate of drug-likeness (QED) is 0.795. The predicted octanol–water partition coefficient (Wildman–Crippen LogP) is 3.95. The monoisotopic (exact) mass is 320 g/mol. The number of carbonyl (C=O) groups excluding carboxylic acids is 1. The van der Waals surface area contributed by atoms with Crippen LogP contribution in [0.15, 0.2) is 40.8 Å². The Balaban J connectivity index is 1.53. The minimum atomic E-state index is -0.114. The summed E-state index contributed by atoms with van der Waals surface area (Å²) in [5, 5.41) is 3.83. The second-order valence-corrected chi connectivity index (χ2v) is 6.33. The van der Waals surface area contributed by atoms with Gasteiger partial charge in [0, 0.05) is 11.1 Å². The molecule has 0 aliphatic heterocycles. The summed E-state index contributed by atoms with van der Waals surface area (Å²) in [6, 6.07) is 11.8. The summed E-state index contributed by atoms with van der Waals surface area (Å²) in [7, 11) is 0. The first-order valence-electron chi connectivity index (χ1n) is 8.46. The van der Waals surface area contributed by atoms with E-state index >= 15 is 0 Å². The highest BCUT2D eigenvalue weighted by molar-refractivity contribution is 6.07. The molecular weight excluding hydrogens is 300 g/mol. The molecule has 0 saturated carbocycles. The van der Waals surface area contributed by atoms with E-state index in [2.05, 4.69) is 11.4 Å². The van der Waals surface area contributed by atoms with Gasteiger partial charge in [-0.15, -0.1) is 0 Å². The SMILES string of the molecule is Cc1oc2ccccc2c1C(=O)NCc1ccc2c(n1)CCCC2. The first kappa shape index (κ1) is 14.9. The van der Waals surface area contributed by atoms with Crippen molar-refractivity contribution in [3.63, 3.8) is 0 Å². The van der Waals surface area contributed by atoms with Crippen LogP contribution in [0.2, 0.25) is 0 Å². The normalized spacial score (nSPS) is 13.7. The molecule has 0 atom stereocenters. The number of benzene rings is 1. The number of aromatic nitrogens is 1. The molecule has 4 nitrogen and oxygen atoms in total. The Hall–Kier alpha value is -2.62. The number of para-hydroxylation sites is 1. The van der Waals surface area contributed by atoms with Crippen LogP contribution in [0.3, 0.4) is 0 Å². The topological polar surface area (TPSA) is 55.1 Å². The van der Waals surface area contributed by atoms with Crippen molar-refractivity contribution in [1.29, 1.82) is 0 Å². The number of rotatable bonds is 3. The van der Waals surface area contributed by atoms with Gasteiger partial charge < -0.3 is 9.73 Å². The molecule has 1 N–H and O–H groups in total. The molecule has 122 valence electrons. The number of nitrogens with zero attached hydrogens (tertiary/aromatic N) is 1. The Bertz CT molecular complexity index is 911. The number of hydrogen-bond donors (Lipinski definition) is 1. The van der Waals surface area contributed by atoms with Crippen LogP contribution < -0.4 is 5.32 Å². The fourth-order valence-corrected chi connectivity index (χ4v) is 3.44. The van der Waals surface area contributed by atoms with Gasteiger partial charge in [-0.3, -0.25) is 9.78 Å². The Morgan fingerprint density at radius 3 is 2.92 bits per heavy atom. The zero-order valence-corrected chi connectivity index (χ0v) is 13.8. The average Bonchev–Trinajstić information content (AvgIpc) is 2.95. The van der Waals surface area contributed by atoms with Gasteiger partial charge in [-0.1, -0.05) is 24.3 Å². The summed E-state index contributed by atoms with van der Waals surface area (Å²) in [6.07, 6.45) is 4.62. The van der Waals surface area contributed by atoms with Crippen molar-refractivity contribution in [2.45, 2.75) is 39.2 Å². The second-order valence-electron chi connectivity index (χ2n) is 6.33. The fourth-order valence-electron chi connectivity index (χ4n) is 3.44. The van der Waals surface area contributed by atoms with E-state index in [1.54, 1.807) is 0 Å². The summed E-state index contributed by atoms with van der Waals surface area (Å²) in [6.45, 7) is 2.26. The highest BCUT2D eigenvalue weighted by Gasteiger charge is 2.18. The molecule has 4 rings (SSSR count). The molecule has 2 aromatic heterocycles. The van der Waals surface area contributed by atoms with Crippen molar-refractivity contribution < 1.29 is 9.21 Å². The van der Waals surface area contributed by atoms with E-state index in [9.17, 15) is 4.79 Å². The number of fused-ring (bicyclic) bond motifs is 2. The molecule has 1 aliphatic carbocycles. The first-order chi connectivity index (χ1) is 11.7. The molecule has 1 aromatic carbocycles. The molecule has 0 bridgehead atoms. The van der Waals surface area contributed by atoms with Crippen LogP contribution in [0, 0.1) is 6.92 Å². The van der Waals surface area contributed by atoms with Crippen LogP contribution in [0.5, 0.6) is 0 Å². The minimum Gasteiger partial charge on any atom is -0.461 e. The lowest BCUT2D eigenvalue weighted by molar-refractivity contribution is 0.0950. The molecule has 0 spiro atoms. The van der Waals surface area contributed by atoms with Gasteiger partial charge in [0.15, 0.2) is 0 Å². The number of nitrogens with one attached hydrogen (secondary N) is 1. The molecule has 1 aliphatic rings. The zero-order valence-electron chi connectivity index (χ0n) is 13.8. The fraction of sp³-hybridized carbons (Fsp3) is 0.300. The van der Waals surface area contributed by atoms with E-state index in [-0.39, 0.29) is 5.91 Å². The molecule has 0 fully saturated rings. The maximum Gasteiger partial charge on any atom is 0.255 e. The standard InChI is InChI=1S/C20H20N2O2/c1-13-19(16-7-3-5-9-18(16)24-13)20(23)21-12-15-11-10-14-6-2-4-8-17(14)22-15/h3,5,7,9-11H,2,4,6,8,12H2,1H3,(H,21,23). The maximum absolute atomic E-state index is 12.6. The van der Waals surface area contributed by atoms with Crippen LogP contribution >= 0.6 is 0 Å². The smallest absolute Gasteiger partial charge is 0.255 e. The average molecular weight is 320 g/mol. The van der Waals surface area contributed by atoms with Gasteiger partial charge in [0.1, 0.15) is 11.3 Å². The minimum absolute atomic E-state index is 0.114. The van der Waals surface area contributed by atoms with Crippen molar-refractivity contribution in [3.05, 3.63) is 64.7 Å². The van der Waals surface area contributed by atoms with Crippen molar-refractivity contribution in [2.24, 2.45) is 0 Å². The van der Waals surface area contributed by atoms with E-state index in [1.165, 1.54) is 24.1 Å². The number of carbonyl (C=O) groups is 1. The van der Waals surface area contributed by atoms with Gasteiger partial charge in [0.05, 0.1) is 17.8 Å². The van der Waals surface area contributed by atoms with E-state index in [1.807, 2.05) is 37.3 Å². The summed E-state index contributed by atoms with van der Waals surface area (Å²) in [4.78, 5) is 17.3. The van der Waals surface area contributed by atoms with Crippen LogP contribution in [0.25, 0.3) is 11.0 Å². The van der Waals surface area contributed by atoms with E-state index in [0.717, 1.165) is 29.5 Å². The molecule has 1 amide bonds. The van der Waals surface area contributed by atoms with Crippen molar-refractivity contribution >= 4 is 16.9 Å². The molecule has 2 heterocycles. The lowest BCUT2D eigenvalue weighted by atomic mass is 9.96. The van der Waals surface area contributed by atoms with E-state index in [0.29, 0.717) is 17.9 Å². The van der Waals surface area contributed by atoms with Crippen LogP contribution in [0.4, 0.5) is 0 Å². The maximum atomic E-state index is 12.6.